The summed E-state index contributed by atoms with van der Waals surface area (Å²) in [5.41, 5.74) is 0.508. The molecule has 0 bridgehead atoms. The zero-order valence-electron chi connectivity index (χ0n) is 12.7. The molecule has 0 aromatic carbocycles. The van der Waals surface area contributed by atoms with Gasteiger partial charge in [-0.2, -0.15) is 0 Å². The van der Waals surface area contributed by atoms with E-state index in [0.29, 0.717) is 11.3 Å². The van der Waals surface area contributed by atoms with Crippen LogP contribution < -0.4 is 5.32 Å². The van der Waals surface area contributed by atoms with Crippen LogP contribution in [0, 0.1) is 5.41 Å². The summed E-state index contributed by atoms with van der Waals surface area (Å²) in [6.45, 7) is 7.55. The van der Waals surface area contributed by atoms with Gasteiger partial charge in [0, 0.05) is 13.1 Å². The maximum atomic E-state index is 12.6. The highest BCUT2D eigenvalue weighted by molar-refractivity contribution is 5.82. The highest BCUT2D eigenvalue weighted by Crippen LogP contribution is 2.38. The van der Waals surface area contributed by atoms with Gasteiger partial charge in [0.15, 0.2) is 0 Å². The summed E-state index contributed by atoms with van der Waals surface area (Å²) < 4.78 is 0. The Labute approximate surface area is 118 Å². The van der Waals surface area contributed by atoms with E-state index in [9.17, 15) is 4.79 Å². The van der Waals surface area contributed by atoms with Gasteiger partial charge in [0.05, 0.1) is 6.04 Å². The fourth-order valence-corrected chi connectivity index (χ4v) is 3.62. The number of piperidine rings is 1. The second-order valence-corrected chi connectivity index (χ2v) is 6.39. The van der Waals surface area contributed by atoms with E-state index in [2.05, 4.69) is 24.1 Å². The lowest BCUT2D eigenvalue weighted by Crippen LogP contribution is -2.50. The number of rotatable bonds is 3. The Morgan fingerprint density at radius 3 is 2.47 bits per heavy atom. The number of amides is 1. The first-order valence-electron chi connectivity index (χ1n) is 8.23. The van der Waals surface area contributed by atoms with Gasteiger partial charge in [-0.1, -0.05) is 39.5 Å². The summed E-state index contributed by atoms with van der Waals surface area (Å²) in [6.07, 6.45) is 9.62. The fourth-order valence-electron chi connectivity index (χ4n) is 3.62. The van der Waals surface area contributed by atoms with Crippen LogP contribution in [0.25, 0.3) is 0 Å². The van der Waals surface area contributed by atoms with Crippen LogP contribution in [0.15, 0.2) is 0 Å². The van der Waals surface area contributed by atoms with E-state index in [1.54, 1.807) is 0 Å². The first-order valence-corrected chi connectivity index (χ1v) is 8.23. The van der Waals surface area contributed by atoms with Crippen LogP contribution in [0.2, 0.25) is 0 Å². The number of carbonyl (C=O) groups is 1. The Kier molecular flexibility index (Phi) is 5.26. The Bertz CT molecular complexity index is 281. The Balaban J connectivity index is 1.88. The molecule has 0 spiro atoms. The smallest absolute Gasteiger partial charge is 0.239 e. The number of nitrogens with zero attached hydrogens (tertiary/aromatic N) is 1. The van der Waals surface area contributed by atoms with E-state index < -0.39 is 0 Å². The van der Waals surface area contributed by atoms with Crippen molar-refractivity contribution in [2.45, 2.75) is 71.3 Å². The summed E-state index contributed by atoms with van der Waals surface area (Å²) in [6, 6.07) is 0.0956. The van der Waals surface area contributed by atoms with Crippen LogP contribution in [0.5, 0.6) is 0 Å². The molecule has 2 fully saturated rings. The van der Waals surface area contributed by atoms with Crippen molar-refractivity contribution in [3.63, 3.8) is 0 Å². The quantitative estimate of drug-likeness (QED) is 0.852. The third kappa shape index (κ3) is 3.50. The largest absolute Gasteiger partial charge is 0.341 e. The second-order valence-electron chi connectivity index (χ2n) is 6.39. The van der Waals surface area contributed by atoms with Gasteiger partial charge >= 0.3 is 0 Å². The monoisotopic (exact) mass is 266 g/mol. The molecule has 0 aromatic heterocycles. The summed E-state index contributed by atoms with van der Waals surface area (Å²) in [5.74, 6) is 0.364. The van der Waals surface area contributed by atoms with Gasteiger partial charge in [0.25, 0.3) is 0 Å². The molecule has 110 valence electrons. The first kappa shape index (κ1) is 14.8. The molecule has 19 heavy (non-hydrogen) atoms. The lowest BCUT2D eigenvalue weighted by Gasteiger charge is -2.42. The van der Waals surface area contributed by atoms with E-state index in [4.69, 9.17) is 0 Å². The molecule has 0 aliphatic carbocycles. The summed E-state index contributed by atoms with van der Waals surface area (Å²) >= 11 is 0. The molecule has 0 aromatic rings. The van der Waals surface area contributed by atoms with Gasteiger partial charge in [-0.25, -0.2) is 0 Å². The van der Waals surface area contributed by atoms with Crippen molar-refractivity contribution < 1.29 is 4.79 Å². The van der Waals surface area contributed by atoms with Crippen molar-refractivity contribution in [1.82, 2.24) is 10.2 Å². The Morgan fingerprint density at radius 2 is 1.84 bits per heavy atom. The van der Waals surface area contributed by atoms with Crippen LogP contribution in [0.1, 0.15) is 65.2 Å². The molecule has 2 aliphatic heterocycles. The third-order valence-electron chi connectivity index (χ3n) is 5.49. The summed E-state index contributed by atoms with van der Waals surface area (Å²) in [7, 11) is 0. The second kappa shape index (κ2) is 6.74. The Hall–Kier alpha value is -0.570. The highest BCUT2D eigenvalue weighted by atomic mass is 16.2. The standard InChI is InChI=1S/C16H30N2O/c1-3-16(4-2)9-12-18(13-10-16)15(19)14-8-6-5-7-11-17-14/h14,17H,3-13H2,1-2H3. The molecule has 2 saturated heterocycles. The van der Waals surface area contributed by atoms with Crippen molar-refractivity contribution in [2.75, 3.05) is 19.6 Å². The van der Waals surface area contributed by atoms with E-state index in [-0.39, 0.29) is 6.04 Å². The van der Waals surface area contributed by atoms with Crippen LogP contribution >= 0.6 is 0 Å². The van der Waals surface area contributed by atoms with E-state index >= 15 is 0 Å². The zero-order valence-corrected chi connectivity index (χ0v) is 12.7. The number of hydrogen-bond acceptors (Lipinski definition) is 2. The molecule has 0 radical (unpaired) electrons. The van der Waals surface area contributed by atoms with Crippen molar-refractivity contribution in [3.05, 3.63) is 0 Å². The molecule has 0 saturated carbocycles. The first-order chi connectivity index (χ1) is 9.21. The summed E-state index contributed by atoms with van der Waals surface area (Å²) in [5, 5.41) is 3.44. The maximum absolute atomic E-state index is 12.6. The third-order valence-corrected chi connectivity index (χ3v) is 5.49. The average molecular weight is 266 g/mol. The molecule has 1 unspecified atom stereocenters. The Morgan fingerprint density at radius 1 is 1.16 bits per heavy atom. The van der Waals surface area contributed by atoms with E-state index in [1.807, 2.05) is 0 Å². The average Bonchev–Trinajstić information content (AvgIpc) is 2.76. The van der Waals surface area contributed by atoms with Gasteiger partial charge in [-0.05, 0) is 37.6 Å². The maximum Gasteiger partial charge on any atom is 0.239 e. The van der Waals surface area contributed by atoms with Crippen molar-refractivity contribution in [3.8, 4) is 0 Å². The molecule has 2 aliphatic rings. The number of likely N-dealkylation sites (tertiary alicyclic amines) is 1. The predicted octanol–water partition coefficient (Wildman–Crippen LogP) is 2.95. The minimum absolute atomic E-state index is 0.0956. The molecule has 1 N–H and O–H groups in total. The van der Waals surface area contributed by atoms with E-state index in [1.165, 1.54) is 44.9 Å². The normalized spacial score (nSPS) is 27.9. The summed E-state index contributed by atoms with van der Waals surface area (Å²) in [4.78, 5) is 14.7. The lowest BCUT2D eigenvalue weighted by atomic mass is 9.74. The topological polar surface area (TPSA) is 32.3 Å². The minimum atomic E-state index is 0.0956. The molecule has 3 nitrogen and oxygen atoms in total. The molecule has 2 heterocycles. The highest BCUT2D eigenvalue weighted by Gasteiger charge is 2.34. The van der Waals surface area contributed by atoms with Crippen LogP contribution in [0.3, 0.4) is 0 Å². The van der Waals surface area contributed by atoms with Crippen LogP contribution in [0.4, 0.5) is 0 Å². The molecule has 3 heteroatoms. The number of carbonyl (C=O) groups excluding carboxylic acids is 1. The minimum Gasteiger partial charge on any atom is -0.341 e. The number of hydrogen-bond donors (Lipinski definition) is 1. The fraction of sp³-hybridized carbons (Fsp3) is 0.938. The van der Waals surface area contributed by atoms with Gasteiger partial charge in [0.1, 0.15) is 0 Å². The SMILES string of the molecule is CCC1(CC)CCN(C(=O)C2CCCCCN2)CC1. The van der Waals surface area contributed by atoms with Gasteiger partial charge in [-0.15, -0.1) is 0 Å². The predicted molar refractivity (Wildman–Crippen MR) is 79.1 cm³/mol. The van der Waals surface area contributed by atoms with Gasteiger partial charge in [0.2, 0.25) is 5.91 Å². The molecular weight excluding hydrogens is 236 g/mol. The van der Waals surface area contributed by atoms with Crippen LogP contribution in [-0.2, 0) is 4.79 Å². The van der Waals surface area contributed by atoms with Crippen molar-refractivity contribution >= 4 is 5.91 Å². The van der Waals surface area contributed by atoms with Gasteiger partial charge in [-0.3, -0.25) is 4.79 Å². The molecule has 1 atom stereocenters. The number of nitrogens with one attached hydrogen (secondary N) is 1. The molecule has 2 rings (SSSR count). The van der Waals surface area contributed by atoms with Crippen LogP contribution in [-0.4, -0.2) is 36.5 Å². The van der Waals surface area contributed by atoms with Crippen molar-refractivity contribution in [2.24, 2.45) is 5.41 Å². The van der Waals surface area contributed by atoms with Crippen molar-refractivity contribution in [1.29, 1.82) is 0 Å². The lowest BCUT2D eigenvalue weighted by molar-refractivity contribution is -0.136. The van der Waals surface area contributed by atoms with Gasteiger partial charge < -0.3 is 10.2 Å². The molecule has 1 amide bonds. The van der Waals surface area contributed by atoms with E-state index in [0.717, 1.165) is 26.1 Å². The molecular formula is C16H30N2O. The zero-order chi connectivity index (χ0) is 13.7.